The molecule has 0 spiro atoms. The number of aliphatic hydroxyl groups is 1. The summed E-state index contributed by atoms with van der Waals surface area (Å²) in [5.74, 6) is 0.104. The highest BCUT2D eigenvalue weighted by Gasteiger charge is 2.28. The van der Waals surface area contributed by atoms with Gasteiger partial charge in [0.05, 0.1) is 11.3 Å². The number of carbonyl (C=O) groups is 4. The first-order chi connectivity index (χ1) is 24.6. The molecule has 0 atom stereocenters. The molecule has 262 valence electrons. The number of fused-ring (bicyclic) bond motifs is 2. The summed E-state index contributed by atoms with van der Waals surface area (Å²) < 4.78 is 0.673. The lowest BCUT2D eigenvalue weighted by Crippen LogP contribution is -2.29. The number of aldehydes is 3. The van der Waals surface area contributed by atoms with Crippen LogP contribution in [0.2, 0.25) is 0 Å². The van der Waals surface area contributed by atoms with Crippen LogP contribution in [0.3, 0.4) is 0 Å². The standard InChI is InChI=1S/C43H43BrN2O5/c1-24(2)29-11-10-12-30(25(3)4)42(29)46(5)43(51)33-20-35(45-17-8-6-7-9-18-47)39-32-16-13-26(21-48)36-28(23-50)19-34(44)38(40(32)36)31-15-14-27(22-49)37(33)41(31)39/h10-16,19-25,45,47H,6-9,17-18H2,1-5H3. The highest BCUT2D eigenvalue weighted by atomic mass is 79.9. The van der Waals surface area contributed by atoms with Crippen LogP contribution < -0.4 is 10.2 Å². The van der Waals surface area contributed by atoms with E-state index in [4.69, 9.17) is 0 Å². The summed E-state index contributed by atoms with van der Waals surface area (Å²) in [6.07, 6.45) is 5.76. The average Bonchev–Trinajstić information content (AvgIpc) is 3.13. The first-order valence-corrected chi connectivity index (χ1v) is 18.4. The molecule has 0 bridgehead atoms. The minimum atomic E-state index is -0.231. The molecule has 8 heteroatoms. The second kappa shape index (κ2) is 14.9. The third-order valence-electron chi connectivity index (χ3n) is 10.1. The van der Waals surface area contributed by atoms with E-state index in [9.17, 15) is 19.5 Å². The Bertz CT molecular complexity index is 2300. The zero-order chi connectivity index (χ0) is 36.6. The van der Waals surface area contributed by atoms with Crippen LogP contribution in [-0.4, -0.2) is 50.1 Å². The predicted octanol–water partition coefficient (Wildman–Crippen LogP) is 10.4. The summed E-state index contributed by atoms with van der Waals surface area (Å²) >= 11 is 3.75. The molecule has 1 amide bonds. The minimum absolute atomic E-state index is 0.159. The van der Waals surface area contributed by atoms with Crippen molar-refractivity contribution in [1.29, 1.82) is 0 Å². The Morgan fingerprint density at radius 1 is 0.725 bits per heavy atom. The molecule has 51 heavy (non-hydrogen) atoms. The number of para-hydroxylation sites is 1. The number of halogens is 1. The largest absolute Gasteiger partial charge is 0.396 e. The monoisotopic (exact) mass is 746 g/mol. The molecule has 0 saturated heterocycles. The molecule has 0 fully saturated rings. The van der Waals surface area contributed by atoms with Crippen LogP contribution in [0.5, 0.6) is 0 Å². The lowest BCUT2D eigenvalue weighted by atomic mass is 9.83. The number of unbranched alkanes of at least 4 members (excludes halogenated alkanes) is 3. The van der Waals surface area contributed by atoms with Crippen LogP contribution in [0.1, 0.15) is 118 Å². The Hall–Kier alpha value is -4.66. The van der Waals surface area contributed by atoms with Gasteiger partial charge >= 0.3 is 0 Å². The topological polar surface area (TPSA) is 104 Å². The van der Waals surface area contributed by atoms with Gasteiger partial charge < -0.3 is 15.3 Å². The van der Waals surface area contributed by atoms with Crippen molar-refractivity contribution in [2.75, 3.05) is 30.4 Å². The Labute approximate surface area is 306 Å². The molecule has 0 aromatic heterocycles. The number of nitrogens with zero attached hydrogens (tertiary/aromatic N) is 1. The average molecular weight is 748 g/mol. The van der Waals surface area contributed by atoms with Gasteiger partial charge in [0.25, 0.3) is 5.91 Å². The Morgan fingerprint density at radius 2 is 1.29 bits per heavy atom. The van der Waals surface area contributed by atoms with Crippen LogP contribution in [0, 0.1) is 0 Å². The van der Waals surface area contributed by atoms with Gasteiger partial charge in [-0.1, -0.05) is 98.9 Å². The molecule has 6 aromatic carbocycles. The SMILES string of the molecule is CC(C)c1cccc(C(C)C)c1N(C)C(=O)c1cc(NCCCCCCO)c2c3ccc(C=O)c4c(C=O)cc(Br)c(c5ccc(C=O)c1c52)c43. The van der Waals surface area contributed by atoms with Crippen LogP contribution >= 0.6 is 15.9 Å². The maximum Gasteiger partial charge on any atom is 0.258 e. The summed E-state index contributed by atoms with van der Waals surface area (Å²) in [5.41, 5.74) is 5.34. The smallest absolute Gasteiger partial charge is 0.258 e. The van der Waals surface area contributed by atoms with Crippen molar-refractivity contribution in [3.63, 3.8) is 0 Å². The quantitative estimate of drug-likeness (QED) is 0.0498. The summed E-state index contributed by atoms with van der Waals surface area (Å²) in [6.45, 7) is 9.27. The molecule has 0 saturated carbocycles. The van der Waals surface area contributed by atoms with Gasteiger partial charge in [-0.05, 0) is 58.7 Å². The highest BCUT2D eigenvalue weighted by Crippen LogP contribution is 2.49. The van der Waals surface area contributed by atoms with Crippen molar-refractivity contribution in [3.05, 3.63) is 92.5 Å². The van der Waals surface area contributed by atoms with Crippen molar-refractivity contribution >= 4 is 95.2 Å². The Kier molecular flexibility index (Phi) is 10.6. The Morgan fingerprint density at radius 3 is 1.88 bits per heavy atom. The molecule has 0 radical (unpaired) electrons. The van der Waals surface area contributed by atoms with Gasteiger partial charge in [-0.15, -0.1) is 0 Å². The fourth-order valence-electron chi connectivity index (χ4n) is 7.73. The third-order valence-corrected chi connectivity index (χ3v) is 10.8. The fraction of sp³-hybridized carbons (Fsp3) is 0.302. The molecule has 0 aliphatic heterocycles. The number of nitrogens with one attached hydrogen (secondary N) is 1. The lowest BCUT2D eigenvalue weighted by molar-refractivity contribution is 0.0993. The van der Waals surface area contributed by atoms with Gasteiger partial charge in [0.2, 0.25) is 0 Å². The van der Waals surface area contributed by atoms with E-state index in [-0.39, 0.29) is 24.3 Å². The minimum Gasteiger partial charge on any atom is -0.396 e. The van der Waals surface area contributed by atoms with Crippen LogP contribution in [-0.2, 0) is 0 Å². The highest BCUT2D eigenvalue weighted by molar-refractivity contribution is 9.10. The van der Waals surface area contributed by atoms with Gasteiger partial charge in [0.1, 0.15) is 0 Å². The molecule has 6 aromatic rings. The van der Waals surface area contributed by atoms with Gasteiger partial charge in [0.15, 0.2) is 18.9 Å². The first-order valence-electron chi connectivity index (χ1n) is 17.6. The zero-order valence-electron chi connectivity index (χ0n) is 29.7. The molecule has 7 nitrogen and oxygen atoms in total. The Balaban J connectivity index is 1.73. The predicted molar refractivity (Wildman–Crippen MR) is 213 cm³/mol. The van der Waals surface area contributed by atoms with Gasteiger partial charge in [-0.2, -0.15) is 0 Å². The second-order valence-corrected chi connectivity index (χ2v) is 14.8. The second-order valence-electron chi connectivity index (χ2n) is 14.0. The molecule has 2 N–H and O–H groups in total. The van der Waals surface area contributed by atoms with Crippen LogP contribution in [0.4, 0.5) is 11.4 Å². The van der Waals surface area contributed by atoms with Gasteiger partial charge in [-0.3, -0.25) is 19.2 Å². The number of amides is 1. The van der Waals surface area contributed by atoms with E-state index in [2.05, 4.69) is 61.1 Å². The van der Waals surface area contributed by atoms with E-state index >= 15 is 4.79 Å². The summed E-state index contributed by atoms with van der Waals surface area (Å²) in [6, 6.07) is 17.1. The van der Waals surface area contributed by atoms with Crippen molar-refractivity contribution < 1.29 is 24.3 Å². The number of carbonyl (C=O) groups excluding carboxylic acids is 4. The summed E-state index contributed by atoms with van der Waals surface area (Å²) in [5, 5.41) is 18.8. The fourth-order valence-corrected chi connectivity index (χ4v) is 8.39. The molecule has 0 aliphatic carbocycles. The summed E-state index contributed by atoms with van der Waals surface area (Å²) in [7, 11) is 1.81. The molecular formula is C43H43BrN2O5. The van der Waals surface area contributed by atoms with Crippen LogP contribution in [0.25, 0.3) is 43.1 Å². The van der Waals surface area contributed by atoms with E-state index in [1.807, 2.05) is 31.3 Å². The van der Waals surface area contributed by atoms with E-state index in [1.165, 1.54) is 0 Å². The number of rotatable bonds is 14. The van der Waals surface area contributed by atoms with E-state index in [0.717, 1.165) is 99.4 Å². The number of aliphatic hydroxyl groups excluding tert-OH is 1. The van der Waals surface area contributed by atoms with Crippen molar-refractivity contribution in [1.82, 2.24) is 0 Å². The van der Waals surface area contributed by atoms with E-state index < -0.39 is 0 Å². The summed E-state index contributed by atoms with van der Waals surface area (Å²) in [4.78, 5) is 54.4. The van der Waals surface area contributed by atoms with Crippen molar-refractivity contribution in [2.24, 2.45) is 0 Å². The first kappa shape index (κ1) is 36.1. The van der Waals surface area contributed by atoms with E-state index in [0.29, 0.717) is 44.0 Å². The molecule has 6 rings (SSSR count). The third kappa shape index (κ3) is 6.19. The van der Waals surface area contributed by atoms with Gasteiger partial charge in [-0.25, -0.2) is 0 Å². The normalized spacial score (nSPS) is 11.8. The molecule has 0 aliphatic rings. The number of hydrogen-bond acceptors (Lipinski definition) is 6. The molecular weight excluding hydrogens is 704 g/mol. The van der Waals surface area contributed by atoms with Crippen molar-refractivity contribution in [3.8, 4) is 0 Å². The van der Waals surface area contributed by atoms with E-state index in [1.54, 1.807) is 23.1 Å². The number of benzene rings is 6. The number of anilines is 2. The van der Waals surface area contributed by atoms with Crippen molar-refractivity contribution in [2.45, 2.75) is 65.2 Å². The van der Waals surface area contributed by atoms with Gasteiger partial charge in [0, 0.05) is 79.4 Å². The maximum atomic E-state index is 15.0. The number of hydrogen-bond donors (Lipinski definition) is 2. The zero-order valence-corrected chi connectivity index (χ0v) is 31.3. The maximum absolute atomic E-state index is 15.0. The molecule has 0 unspecified atom stereocenters. The van der Waals surface area contributed by atoms with Crippen LogP contribution in [0.15, 0.2) is 59.1 Å². The lowest BCUT2D eigenvalue weighted by Gasteiger charge is -2.28. The molecule has 0 heterocycles.